The molecule has 13 heteroatoms. The lowest BCUT2D eigenvalue weighted by molar-refractivity contribution is -0.128. The van der Waals surface area contributed by atoms with Gasteiger partial charge in [0.05, 0.1) is 17.1 Å². The van der Waals surface area contributed by atoms with Crippen LogP contribution in [0.4, 0.5) is 10.8 Å². The SMILES string of the molecule is CC(=O)Nc1nc(C)c(S(=O)(=O)NC(CC(C)C)C(=O)NC2N=C(c3ccccc3)c3ccccc3N(C)C2=O)s1. The molecule has 0 saturated carbocycles. The summed E-state index contributed by atoms with van der Waals surface area (Å²) < 4.78 is 29.1. The highest BCUT2D eigenvalue weighted by molar-refractivity contribution is 7.91. The Hall–Kier alpha value is -3.94. The van der Waals surface area contributed by atoms with Gasteiger partial charge in [0.2, 0.25) is 18.0 Å². The topological polar surface area (TPSA) is 150 Å². The van der Waals surface area contributed by atoms with Crippen molar-refractivity contribution in [1.82, 2.24) is 15.0 Å². The minimum absolute atomic E-state index is 0.0638. The number of nitrogens with zero attached hydrogens (tertiary/aromatic N) is 3. The monoisotopic (exact) mass is 596 g/mol. The third-order valence-electron chi connectivity index (χ3n) is 6.27. The first-order chi connectivity index (χ1) is 19.4. The molecule has 0 aliphatic carbocycles. The zero-order valence-electron chi connectivity index (χ0n) is 23.3. The summed E-state index contributed by atoms with van der Waals surface area (Å²) in [6, 6.07) is 15.4. The van der Waals surface area contributed by atoms with Gasteiger partial charge in [0, 0.05) is 25.1 Å². The van der Waals surface area contributed by atoms with Crippen molar-refractivity contribution in [2.45, 2.75) is 50.5 Å². The normalized spacial score (nSPS) is 16.0. The van der Waals surface area contributed by atoms with Gasteiger partial charge in [-0.3, -0.25) is 14.4 Å². The molecule has 41 heavy (non-hydrogen) atoms. The van der Waals surface area contributed by atoms with Gasteiger partial charge in [-0.25, -0.2) is 18.4 Å². The first-order valence-electron chi connectivity index (χ1n) is 12.9. The van der Waals surface area contributed by atoms with Crippen molar-refractivity contribution in [3.63, 3.8) is 0 Å². The van der Waals surface area contributed by atoms with Crippen LogP contribution in [-0.4, -0.2) is 56.1 Å². The summed E-state index contributed by atoms with van der Waals surface area (Å²) >= 11 is 0.789. The highest BCUT2D eigenvalue weighted by Crippen LogP contribution is 2.29. The fourth-order valence-corrected chi connectivity index (χ4v) is 7.12. The van der Waals surface area contributed by atoms with E-state index in [1.54, 1.807) is 13.1 Å². The maximum absolute atomic E-state index is 13.6. The van der Waals surface area contributed by atoms with Crippen molar-refractivity contribution in [2.24, 2.45) is 10.9 Å². The third-order valence-corrected chi connectivity index (χ3v) is 9.43. The van der Waals surface area contributed by atoms with E-state index < -0.39 is 34.0 Å². The number of nitrogens with one attached hydrogen (secondary N) is 3. The number of carbonyl (C=O) groups excluding carboxylic acids is 3. The molecule has 0 saturated heterocycles. The number of hydrogen-bond donors (Lipinski definition) is 3. The first kappa shape index (κ1) is 30.0. The number of benzodiazepines with no additional fused rings is 1. The van der Waals surface area contributed by atoms with E-state index in [0.29, 0.717) is 11.4 Å². The lowest BCUT2D eigenvalue weighted by atomic mass is 10.0. The van der Waals surface area contributed by atoms with Gasteiger partial charge in [-0.2, -0.15) is 4.72 Å². The molecule has 1 aliphatic rings. The van der Waals surface area contributed by atoms with E-state index in [1.807, 2.05) is 62.4 Å². The highest BCUT2D eigenvalue weighted by atomic mass is 32.2. The van der Waals surface area contributed by atoms with Crippen LogP contribution in [0, 0.1) is 12.8 Å². The summed E-state index contributed by atoms with van der Waals surface area (Å²) in [4.78, 5) is 48.8. The van der Waals surface area contributed by atoms with Crippen LogP contribution >= 0.6 is 11.3 Å². The van der Waals surface area contributed by atoms with E-state index >= 15 is 0 Å². The fourth-order valence-electron chi connectivity index (χ4n) is 4.43. The van der Waals surface area contributed by atoms with Crippen LogP contribution in [0.3, 0.4) is 0 Å². The van der Waals surface area contributed by atoms with Gasteiger partial charge in [0.25, 0.3) is 15.9 Å². The molecular formula is C28H32N6O5S2. The Kier molecular flexibility index (Phi) is 9.00. The first-order valence-corrected chi connectivity index (χ1v) is 15.2. The molecule has 3 aromatic rings. The molecule has 2 unspecified atom stereocenters. The molecule has 1 aliphatic heterocycles. The van der Waals surface area contributed by atoms with E-state index in [4.69, 9.17) is 0 Å². The maximum atomic E-state index is 13.6. The number of fused-ring (bicyclic) bond motifs is 1. The highest BCUT2D eigenvalue weighted by Gasteiger charge is 2.35. The van der Waals surface area contributed by atoms with Crippen molar-refractivity contribution < 1.29 is 22.8 Å². The molecule has 3 N–H and O–H groups in total. The molecule has 2 atom stereocenters. The van der Waals surface area contributed by atoms with Crippen LogP contribution in [0.15, 0.2) is 63.8 Å². The number of para-hydroxylation sites is 1. The number of aryl methyl sites for hydroxylation is 1. The number of likely N-dealkylation sites (N-methyl/N-ethyl adjacent to an activating group) is 1. The van der Waals surface area contributed by atoms with Crippen LogP contribution < -0.4 is 20.3 Å². The Morgan fingerprint density at radius 2 is 1.73 bits per heavy atom. The molecule has 0 spiro atoms. The fraction of sp³-hybridized carbons (Fsp3) is 0.321. The number of benzene rings is 2. The van der Waals surface area contributed by atoms with E-state index in [2.05, 4.69) is 25.3 Å². The number of aromatic nitrogens is 1. The molecule has 216 valence electrons. The average molecular weight is 597 g/mol. The average Bonchev–Trinajstić information content (AvgIpc) is 3.25. The van der Waals surface area contributed by atoms with Gasteiger partial charge in [-0.15, -0.1) is 0 Å². The second-order valence-electron chi connectivity index (χ2n) is 10.0. The zero-order chi connectivity index (χ0) is 29.9. The lowest BCUT2D eigenvalue weighted by Crippen LogP contribution is -2.53. The number of thiazole rings is 1. The van der Waals surface area contributed by atoms with Crippen LogP contribution in [0.25, 0.3) is 0 Å². The number of rotatable bonds is 9. The summed E-state index contributed by atoms with van der Waals surface area (Å²) in [5.41, 5.74) is 2.83. The molecular weight excluding hydrogens is 564 g/mol. The molecule has 2 heterocycles. The maximum Gasteiger partial charge on any atom is 0.272 e. The molecule has 0 bridgehead atoms. The molecule has 0 fully saturated rings. The van der Waals surface area contributed by atoms with Gasteiger partial charge in [0.15, 0.2) is 9.34 Å². The van der Waals surface area contributed by atoms with Gasteiger partial charge in [-0.05, 0) is 25.3 Å². The Balaban J connectivity index is 1.66. The lowest BCUT2D eigenvalue weighted by Gasteiger charge is -2.24. The number of sulfonamides is 1. The predicted molar refractivity (Wildman–Crippen MR) is 159 cm³/mol. The second kappa shape index (κ2) is 12.3. The summed E-state index contributed by atoms with van der Waals surface area (Å²) in [6.07, 6.45) is -1.14. The molecule has 1 aromatic heterocycles. The van der Waals surface area contributed by atoms with E-state index in [0.717, 1.165) is 22.5 Å². The molecule has 3 amide bonds. The predicted octanol–water partition coefficient (Wildman–Crippen LogP) is 3.06. The summed E-state index contributed by atoms with van der Waals surface area (Å²) in [6.45, 7) is 6.51. The number of anilines is 2. The van der Waals surface area contributed by atoms with Gasteiger partial charge >= 0.3 is 0 Å². The van der Waals surface area contributed by atoms with Crippen molar-refractivity contribution in [3.8, 4) is 0 Å². The number of aliphatic imine (C=N–C) groups is 1. The molecule has 2 aromatic carbocycles. The van der Waals surface area contributed by atoms with E-state index in [-0.39, 0.29) is 33.3 Å². The number of amides is 3. The van der Waals surface area contributed by atoms with Crippen molar-refractivity contribution in [3.05, 3.63) is 71.4 Å². The second-order valence-corrected chi connectivity index (χ2v) is 13.0. The Labute approximate surface area is 243 Å². The van der Waals surface area contributed by atoms with Crippen LogP contribution in [-0.2, 0) is 24.4 Å². The minimum Gasteiger partial charge on any atom is -0.325 e. The standard InChI is InChI=1S/C28H32N6O5S2/c1-16(2)15-21(33-41(38,39)27-17(3)29-28(40-27)30-18(4)35)25(36)32-24-26(37)34(5)22-14-10-9-13-20(22)23(31-24)19-11-7-6-8-12-19/h6-14,16,21,24,33H,15H2,1-5H3,(H,32,36)(H,29,30,35). The van der Waals surface area contributed by atoms with Crippen molar-refractivity contribution in [2.75, 3.05) is 17.3 Å². The minimum atomic E-state index is -4.20. The van der Waals surface area contributed by atoms with E-state index in [1.165, 1.54) is 18.7 Å². The zero-order valence-corrected chi connectivity index (χ0v) is 25.0. The Bertz CT molecular complexity index is 1600. The molecule has 11 nitrogen and oxygen atoms in total. The summed E-state index contributed by atoms with van der Waals surface area (Å²) in [5, 5.41) is 5.30. The van der Waals surface area contributed by atoms with Gasteiger partial charge in [-0.1, -0.05) is 73.7 Å². The summed E-state index contributed by atoms with van der Waals surface area (Å²) in [5.74, 6) is -1.61. The third kappa shape index (κ3) is 6.87. The van der Waals surface area contributed by atoms with Crippen LogP contribution in [0.1, 0.15) is 44.0 Å². The van der Waals surface area contributed by atoms with Crippen molar-refractivity contribution in [1.29, 1.82) is 0 Å². The number of carbonyl (C=O) groups is 3. The quantitative estimate of drug-likeness (QED) is 0.346. The smallest absolute Gasteiger partial charge is 0.272 e. The largest absolute Gasteiger partial charge is 0.325 e. The van der Waals surface area contributed by atoms with Gasteiger partial charge < -0.3 is 15.5 Å². The van der Waals surface area contributed by atoms with Gasteiger partial charge in [0.1, 0.15) is 6.04 Å². The Morgan fingerprint density at radius 3 is 2.39 bits per heavy atom. The molecule has 0 radical (unpaired) electrons. The van der Waals surface area contributed by atoms with Crippen LogP contribution in [0.5, 0.6) is 0 Å². The Morgan fingerprint density at radius 1 is 1.07 bits per heavy atom. The molecule has 4 rings (SSSR count). The van der Waals surface area contributed by atoms with E-state index in [9.17, 15) is 22.8 Å². The number of hydrogen-bond acceptors (Lipinski definition) is 8. The van der Waals surface area contributed by atoms with Crippen LogP contribution in [0.2, 0.25) is 0 Å². The summed E-state index contributed by atoms with van der Waals surface area (Å²) in [7, 11) is -2.59. The van der Waals surface area contributed by atoms with Crippen molar-refractivity contribution >= 4 is 55.6 Å².